The number of hydrazone groups is 2. The Morgan fingerprint density at radius 1 is 0.731 bits per heavy atom. The second kappa shape index (κ2) is 11.3. The molecule has 3 rings (SSSR count). The van der Waals surface area contributed by atoms with Crippen LogP contribution in [0.5, 0.6) is 0 Å². The van der Waals surface area contributed by atoms with Gasteiger partial charge < -0.3 is 0 Å². The third-order valence-corrected chi connectivity index (χ3v) is 4.87. The van der Waals surface area contributed by atoms with Gasteiger partial charge in [0.2, 0.25) is 0 Å². The van der Waals surface area contributed by atoms with E-state index in [1.807, 2.05) is 50.5 Å². The van der Waals surface area contributed by atoms with Crippen molar-refractivity contribution in [2.24, 2.45) is 20.4 Å². The normalized spacial score (nSPS) is 11.1. The van der Waals surface area contributed by atoms with E-state index < -0.39 is 0 Å². The Bertz CT molecular complexity index is 804. The Labute approximate surface area is 169 Å². The summed E-state index contributed by atoms with van der Waals surface area (Å²) >= 11 is 4.83. The monoisotopic (exact) mass is 422 g/mol. The van der Waals surface area contributed by atoms with Crippen LogP contribution in [0.1, 0.15) is 16.7 Å². The molecule has 3 aromatic rings. The number of hydrogen-bond donors (Lipinski definition) is 2. The fourth-order valence-corrected chi connectivity index (χ4v) is 3.44. The van der Waals surface area contributed by atoms with Crippen LogP contribution in [-0.2, 0) is 0 Å². The minimum atomic E-state index is 0. The van der Waals surface area contributed by atoms with E-state index in [1.54, 1.807) is 52.7 Å². The van der Waals surface area contributed by atoms with Crippen molar-refractivity contribution in [1.29, 1.82) is 0 Å². The topological polar surface area (TPSA) is 73.5 Å². The molecule has 0 radical (unpaired) electrons. The highest BCUT2D eigenvalue weighted by Gasteiger charge is 1.95. The fraction of sp³-hybridized carbons (Fsp3) is 0. The average molecular weight is 423 g/mol. The minimum Gasteiger partial charge on any atom is -0.244 e. The Morgan fingerprint density at radius 2 is 1.19 bits per heavy atom. The number of halogens is 1. The number of hydrogen-bond acceptors (Lipinski definition) is 7. The summed E-state index contributed by atoms with van der Waals surface area (Å²) in [5.74, 6) is 0.324. The SMILES string of the molecule is C(=NN=C(NN=Cc1ccsc1)NN=Cc1ccsc1)c1ccsc1.Cl. The highest BCUT2D eigenvalue weighted by atomic mass is 35.5. The van der Waals surface area contributed by atoms with Gasteiger partial charge in [0, 0.05) is 16.7 Å². The summed E-state index contributed by atoms with van der Waals surface area (Å²) in [6.07, 6.45) is 5.09. The summed E-state index contributed by atoms with van der Waals surface area (Å²) in [6, 6.07) is 5.92. The van der Waals surface area contributed by atoms with Crippen LogP contribution in [-0.4, -0.2) is 24.6 Å². The smallest absolute Gasteiger partial charge is 0.244 e. The maximum Gasteiger partial charge on any atom is 0.257 e. The molecule has 0 unspecified atom stereocenters. The molecule has 26 heavy (non-hydrogen) atoms. The molecule has 0 fully saturated rings. The van der Waals surface area contributed by atoms with Crippen LogP contribution < -0.4 is 10.9 Å². The predicted octanol–water partition coefficient (Wildman–Crippen LogP) is 4.23. The Hall–Kier alpha value is -2.33. The van der Waals surface area contributed by atoms with Crippen LogP contribution in [0.25, 0.3) is 0 Å². The third kappa shape index (κ3) is 6.89. The van der Waals surface area contributed by atoms with Crippen LogP contribution in [0.3, 0.4) is 0 Å². The summed E-state index contributed by atoms with van der Waals surface area (Å²) in [5.41, 5.74) is 8.64. The quantitative estimate of drug-likeness (QED) is 0.354. The lowest BCUT2D eigenvalue weighted by molar-refractivity contribution is 0.890. The molecule has 0 aliphatic heterocycles. The van der Waals surface area contributed by atoms with Crippen LogP contribution in [0.15, 0.2) is 70.9 Å². The summed E-state index contributed by atoms with van der Waals surface area (Å²) in [4.78, 5) is 0. The van der Waals surface area contributed by atoms with Gasteiger partial charge in [0.15, 0.2) is 0 Å². The molecular formula is C16H15ClN6S3. The largest absolute Gasteiger partial charge is 0.257 e. The molecule has 0 amide bonds. The molecule has 134 valence electrons. The van der Waals surface area contributed by atoms with Gasteiger partial charge in [-0.15, -0.1) is 17.5 Å². The standard InChI is InChI=1S/C16H14N6S3.ClH/c1-4-23-10-13(1)7-17-20-16(21-18-8-14-2-5-24-11-14)22-19-9-15-3-6-25-12-15;/h1-12H,(H2,20,21,22);1H. The van der Waals surface area contributed by atoms with Gasteiger partial charge in [0.05, 0.1) is 18.6 Å². The van der Waals surface area contributed by atoms with Gasteiger partial charge in [0.25, 0.3) is 5.96 Å². The zero-order valence-corrected chi connectivity index (χ0v) is 16.6. The summed E-state index contributed by atoms with van der Waals surface area (Å²) in [5, 5.41) is 28.4. The first-order valence-electron chi connectivity index (χ1n) is 7.16. The van der Waals surface area contributed by atoms with E-state index in [4.69, 9.17) is 0 Å². The van der Waals surface area contributed by atoms with Crippen molar-refractivity contribution in [2.75, 3.05) is 0 Å². The highest BCUT2D eigenvalue weighted by molar-refractivity contribution is 7.08. The van der Waals surface area contributed by atoms with E-state index in [0.717, 1.165) is 16.7 Å². The first kappa shape index (κ1) is 20.0. The first-order valence-corrected chi connectivity index (χ1v) is 9.99. The lowest BCUT2D eigenvalue weighted by atomic mass is 10.4. The summed E-state index contributed by atoms with van der Waals surface area (Å²) in [7, 11) is 0. The first-order chi connectivity index (χ1) is 12.4. The third-order valence-electron chi connectivity index (χ3n) is 2.76. The fourth-order valence-electron chi connectivity index (χ4n) is 1.60. The van der Waals surface area contributed by atoms with E-state index in [9.17, 15) is 0 Å². The molecule has 10 heteroatoms. The molecule has 0 aliphatic carbocycles. The zero-order valence-electron chi connectivity index (χ0n) is 13.4. The van der Waals surface area contributed by atoms with Gasteiger partial charge >= 0.3 is 0 Å². The Balaban J connectivity index is 0.00000243. The molecule has 0 saturated carbocycles. The van der Waals surface area contributed by atoms with Crippen molar-refractivity contribution in [3.05, 3.63) is 67.2 Å². The maximum atomic E-state index is 4.14. The summed E-state index contributed by atoms with van der Waals surface area (Å²) < 4.78 is 0. The maximum absolute atomic E-state index is 4.14. The second-order valence-corrected chi connectivity index (χ2v) is 6.94. The number of rotatable bonds is 6. The molecule has 0 atom stereocenters. The molecule has 3 heterocycles. The van der Waals surface area contributed by atoms with Crippen molar-refractivity contribution in [3.63, 3.8) is 0 Å². The van der Waals surface area contributed by atoms with Gasteiger partial charge in [-0.25, -0.2) is 10.9 Å². The number of nitrogens with zero attached hydrogens (tertiary/aromatic N) is 4. The van der Waals surface area contributed by atoms with Crippen LogP contribution >= 0.6 is 46.4 Å². The van der Waals surface area contributed by atoms with Gasteiger partial charge in [0.1, 0.15) is 0 Å². The molecule has 0 aromatic carbocycles. The van der Waals surface area contributed by atoms with Crippen molar-refractivity contribution >= 4 is 71.0 Å². The number of thiophene rings is 3. The zero-order chi connectivity index (χ0) is 17.2. The van der Waals surface area contributed by atoms with Crippen LogP contribution in [0.2, 0.25) is 0 Å². The molecule has 0 spiro atoms. The van der Waals surface area contributed by atoms with E-state index in [1.165, 1.54) is 0 Å². The van der Waals surface area contributed by atoms with Crippen molar-refractivity contribution in [1.82, 2.24) is 10.9 Å². The van der Waals surface area contributed by atoms with Gasteiger partial charge in [-0.05, 0) is 50.5 Å². The van der Waals surface area contributed by atoms with Crippen LogP contribution in [0.4, 0.5) is 0 Å². The molecule has 0 saturated heterocycles. The van der Waals surface area contributed by atoms with E-state index in [0.29, 0.717) is 5.96 Å². The minimum absolute atomic E-state index is 0. The molecular weight excluding hydrogens is 408 g/mol. The van der Waals surface area contributed by atoms with E-state index in [-0.39, 0.29) is 12.4 Å². The Morgan fingerprint density at radius 3 is 1.62 bits per heavy atom. The second-order valence-electron chi connectivity index (χ2n) is 4.60. The van der Waals surface area contributed by atoms with Crippen molar-refractivity contribution in [2.45, 2.75) is 0 Å². The van der Waals surface area contributed by atoms with Gasteiger partial charge in [-0.2, -0.15) is 49.3 Å². The van der Waals surface area contributed by atoms with Crippen molar-refractivity contribution in [3.8, 4) is 0 Å². The van der Waals surface area contributed by atoms with Crippen molar-refractivity contribution < 1.29 is 0 Å². The lowest BCUT2D eigenvalue weighted by Gasteiger charge is -2.01. The average Bonchev–Trinajstić information content (AvgIpc) is 3.38. The lowest BCUT2D eigenvalue weighted by Crippen LogP contribution is -2.30. The molecule has 0 bridgehead atoms. The highest BCUT2D eigenvalue weighted by Crippen LogP contribution is 2.03. The van der Waals surface area contributed by atoms with Gasteiger partial charge in [-0.3, -0.25) is 0 Å². The van der Waals surface area contributed by atoms with E-state index >= 15 is 0 Å². The molecule has 0 aliphatic rings. The van der Waals surface area contributed by atoms with E-state index in [2.05, 4.69) is 31.3 Å². The molecule has 3 aromatic heterocycles. The summed E-state index contributed by atoms with van der Waals surface area (Å²) in [6.45, 7) is 0. The predicted molar refractivity (Wildman–Crippen MR) is 117 cm³/mol. The number of nitrogens with one attached hydrogen (secondary N) is 2. The molecule has 6 nitrogen and oxygen atoms in total. The number of guanidine groups is 1. The molecule has 2 N–H and O–H groups in total. The van der Waals surface area contributed by atoms with Gasteiger partial charge in [-0.1, -0.05) is 0 Å². The Kier molecular flexibility index (Phi) is 8.70. The van der Waals surface area contributed by atoms with Crippen LogP contribution in [0, 0.1) is 0 Å².